The van der Waals surface area contributed by atoms with E-state index >= 15 is 0 Å². The summed E-state index contributed by atoms with van der Waals surface area (Å²) in [4.78, 5) is 24.2. The van der Waals surface area contributed by atoms with Crippen LogP contribution in [0.25, 0.3) is 0 Å². The zero-order chi connectivity index (χ0) is 13.0. The van der Waals surface area contributed by atoms with Crippen molar-refractivity contribution in [1.29, 1.82) is 0 Å². The van der Waals surface area contributed by atoms with Gasteiger partial charge in [-0.25, -0.2) is 4.79 Å². The Morgan fingerprint density at radius 1 is 1.56 bits per heavy atom. The highest BCUT2D eigenvalue weighted by atomic mass is 16.4. The number of nitrogens with one attached hydrogen (secondary N) is 2. The molecule has 0 radical (unpaired) electrons. The molecule has 0 aromatic carbocycles. The minimum Gasteiger partial charge on any atom is -0.481 e. The Hall–Kier alpha value is -2.19. The van der Waals surface area contributed by atoms with Crippen LogP contribution in [0.5, 0.6) is 0 Å². The lowest BCUT2D eigenvalue weighted by Crippen LogP contribution is -2.46. The summed E-state index contributed by atoms with van der Waals surface area (Å²) in [6.45, 7) is 0.985. The first-order valence-electron chi connectivity index (χ1n) is 5.64. The quantitative estimate of drug-likeness (QED) is 0.649. The number of urea groups is 1. The number of carboxylic acids is 1. The molecule has 2 heterocycles. The predicted octanol–water partition coefficient (Wildman–Crippen LogP) is -0.794. The van der Waals surface area contributed by atoms with E-state index in [4.69, 9.17) is 5.11 Å². The van der Waals surface area contributed by atoms with Gasteiger partial charge in [0.1, 0.15) is 0 Å². The maximum atomic E-state index is 11.8. The standard InChI is InChI=1S/C9H14N6O3/c16-8(17)6-2-1-3-15(5-6)9(18)10-4-7-11-13-14-12-7/h6H,1-5H2,(H,10,18)(H,16,17)(H,11,12,13,14)/t6-/m1/s1. The monoisotopic (exact) mass is 254 g/mol. The number of amides is 2. The number of H-pyrrole nitrogens is 1. The third kappa shape index (κ3) is 2.93. The molecule has 0 spiro atoms. The number of nitrogens with zero attached hydrogens (tertiary/aromatic N) is 4. The van der Waals surface area contributed by atoms with Gasteiger partial charge in [0.25, 0.3) is 0 Å². The Morgan fingerprint density at radius 3 is 3.06 bits per heavy atom. The van der Waals surface area contributed by atoms with E-state index < -0.39 is 11.9 Å². The van der Waals surface area contributed by atoms with E-state index in [1.165, 1.54) is 4.90 Å². The van der Waals surface area contributed by atoms with Crippen LogP contribution in [0.2, 0.25) is 0 Å². The van der Waals surface area contributed by atoms with Crippen molar-refractivity contribution in [3.05, 3.63) is 5.82 Å². The Bertz CT molecular complexity index is 420. The average Bonchev–Trinajstić information content (AvgIpc) is 2.89. The first-order valence-corrected chi connectivity index (χ1v) is 5.64. The molecule has 0 unspecified atom stereocenters. The molecule has 9 heteroatoms. The molecular formula is C9H14N6O3. The molecule has 0 saturated carbocycles. The smallest absolute Gasteiger partial charge is 0.317 e. The van der Waals surface area contributed by atoms with Gasteiger partial charge in [0.2, 0.25) is 0 Å². The summed E-state index contributed by atoms with van der Waals surface area (Å²) in [6, 6.07) is -0.300. The van der Waals surface area contributed by atoms with Gasteiger partial charge in [-0.05, 0) is 12.8 Å². The molecule has 98 valence electrons. The molecule has 1 aliphatic heterocycles. The van der Waals surface area contributed by atoms with Gasteiger partial charge in [0, 0.05) is 13.1 Å². The number of tetrazole rings is 1. The maximum absolute atomic E-state index is 11.8. The molecule has 1 aromatic rings. The molecule has 1 saturated heterocycles. The first-order chi connectivity index (χ1) is 8.66. The fourth-order valence-corrected chi connectivity index (χ4v) is 1.89. The third-order valence-corrected chi connectivity index (χ3v) is 2.84. The van der Waals surface area contributed by atoms with E-state index in [0.717, 1.165) is 0 Å². The molecule has 1 fully saturated rings. The molecule has 3 N–H and O–H groups in total. The molecular weight excluding hydrogens is 240 g/mol. The van der Waals surface area contributed by atoms with Gasteiger partial charge in [-0.15, -0.1) is 10.2 Å². The number of aliphatic carboxylic acids is 1. The number of piperidine rings is 1. The van der Waals surface area contributed by atoms with Crippen LogP contribution in [0.1, 0.15) is 18.7 Å². The van der Waals surface area contributed by atoms with E-state index in [-0.39, 0.29) is 19.1 Å². The Kier molecular flexibility index (Phi) is 3.70. The van der Waals surface area contributed by atoms with E-state index in [0.29, 0.717) is 25.2 Å². The van der Waals surface area contributed by atoms with Crippen molar-refractivity contribution < 1.29 is 14.7 Å². The highest BCUT2D eigenvalue weighted by Crippen LogP contribution is 2.16. The summed E-state index contributed by atoms with van der Waals surface area (Å²) in [5.74, 6) is -0.949. The number of carbonyl (C=O) groups is 2. The van der Waals surface area contributed by atoms with Crippen LogP contribution < -0.4 is 5.32 Å². The van der Waals surface area contributed by atoms with Crippen molar-refractivity contribution in [2.24, 2.45) is 5.92 Å². The number of aromatic amines is 1. The number of aromatic nitrogens is 4. The van der Waals surface area contributed by atoms with Gasteiger partial charge in [-0.2, -0.15) is 5.21 Å². The van der Waals surface area contributed by atoms with Gasteiger partial charge < -0.3 is 15.3 Å². The van der Waals surface area contributed by atoms with Crippen LogP contribution in [-0.4, -0.2) is 55.7 Å². The van der Waals surface area contributed by atoms with Crippen LogP contribution in [0, 0.1) is 5.92 Å². The fourth-order valence-electron chi connectivity index (χ4n) is 1.89. The second-order valence-electron chi connectivity index (χ2n) is 4.11. The highest BCUT2D eigenvalue weighted by molar-refractivity contribution is 5.76. The number of likely N-dealkylation sites (tertiary alicyclic amines) is 1. The van der Waals surface area contributed by atoms with Gasteiger partial charge in [0.05, 0.1) is 12.5 Å². The lowest BCUT2D eigenvalue weighted by Gasteiger charge is -2.30. The van der Waals surface area contributed by atoms with Crippen molar-refractivity contribution in [2.45, 2.75) is 19.4 Å². The second kappa shape index (κ2) is 5.43. The molecule has 1 atom stereocenters. The lowest BCUT2D eigenvalue weighted by atomic mass is 9.99. The number of carbonyl (C=O) groups excluding carboxylic acids is 1. The van der Waals surface area contributed by atoms with Gasteiger partial charge in [0.15, 0.2) is 5.82 Å². The molecule has 2 amide bonds. The lowest BCUT2D eigenvalue weighted by molar-refractivity contribution is -0.143. The van der Waals surface area contributed by atoms with Crippen molar-refractivity contribution in [2.75, 3.05) is 13.1 Å². The zero-order valence-electron chi connectivity index (χ0n) is 9.67. The van der Waals surface area contributed by atoms with Crippen LogP contribution in [0.4, 0.5) is 4.79 Å². The number of hydrogen-bond acceptors (Lipinski definition) is 5. The van der Waals surface area contributed by atoms with Crippen molar-refractivity contribution in [1.82, 2.24) is 30.8 Å². The number of rotatable bonds is 3. The first kappa shape index (κ1) is 12.3. The molecule has 0 bridgehead atoms. The normalized spacial score (nSPS) is 19.6. The number of hydrogen-bond donors (Lipinski definition) is 3. The third-order valence-electron chi connectivity index (χ3n) is 2.84. The zero-order valence-corrected chi connectivity index (χ0v) is 9.67. The molecule has 9 nitrogen and oxygen atoms in total. The van der Waals surface area contributed by atoms with Crippen molar-refractivity contribution in [3.63, 3.8) is 0 Å². The topological polar surface area (TPSA) is 124 Å². The van der Waals surface area contributed by atoms with Crippen molar-refractivity contribution in [3.8, 4) is 0 Å². The van der Waals surface area contributed by atoms with Gasteiger partial charge in [-0.1, -0.05) is 5.21 Å². The Labute approximate surface area is 103 Å². The van der Waals surface area contributed by atoms with Gasteiger partial charge in [-0.3, -0.25) is 4.79 Å². The van der Waals surface area contributed by atoms with Crippen LogP contribution in [-0.2, 0) is 11.3 Å². The molecule has 1 aromatic heterocycles. The minimum absolute atomic E-state index is 0.170. The molecule has 18 heavy (non-hydrogen) atoms. The van der Waals surface area contributed by atoms with E-state index in [2.05, 4.69) is 25.9 Å². The summed E-state index contributed by atoms with van der Waals surface area (Å²) < 4.78 is 0. The Morgan fingerprint density at radius 2 is 2.39 bits per heavy atom. The molecule has 0 aliphatic carbocycles. The van der Waals surface area contributed by atoms with Crippen molar-refractivity contribution >= 4 is 12.0 Å². The molecule has 2 rings (SSSR count). The van der Waals surface area contributed by atoms with E-state index in [1.807, 2.05) is 0 Å². The van der Waals surface area contributed by atoms with Crippen LogP contribution in [0.3, 0.4) is 0 Å². The van der Waals surface area contributed by atoms with E-state index in [9.17, 15) is 9.59 Å². The minimum atomic E-state index is -0.856. The fraction of sp³-hybridized carbons (Fsp3) is 0.667. The predicted molar refractivity (Wildman–Crippen MR) is 58.3 cm³/mol. The summed E-state index contributed by atoms with van der Waals surface area (Å²) >= 11 is 0. The Balaban J connectivity index is 1.83. The summed E-state index contributed by atoms with van der Waals surface area (Å²) in [5, 5.41) is 24.6. The highest BCUT2D eigenvalue weighted by Gasteiger charge is 2.27. The summed E-state index contributed by atoms with van der Waals surface area (Å²) in [6.07, 6.45) is 1.32. The number of carboxylic acid groups (broad SMARTS) is 1. The maximum Gasteiger partial charge on any atom is 0.317 e. The molecule has 1 aliphatic rings. The second-order valence-corrected chi connectivity index (χ2v) is 4.11. The van der Waals surface area contributed by atoms with Crippen LogP contribution >= 0.6 is 0 Å². The SMILES string of the molecule is O=C(O)[C@@H]1CCCN(C(=O)NCc2nn[nH]n2)C1. The average molecular weight is 254 g/mol. The summed E-state index contributed by atoms with van der Waals surface area (Å²) in [5.41, 5.74) is 0. The summed E-state index contributed by atoms with van der Waals surface area (Å²) in [7, 11) is 0. The van der Waals surface area contributed by atoms with E-state index in [1.54, 1.807) is 0 Å². The van der Waals surface area contributed by atoms with Gasteiger partial charge >= 0.3 is 12.0 Å². The largest absolute Gasteiger partial charge is 0.481 e. The van der Waals surface area contributed by atoms with Crippen LogP contribution in [0.15, 0.2) is 0 Å².